The van der Waals surface area contributed by atoms with Crippen LogP contribution in [0.25, 0.3) is 10.8 Å². The fourth-order valence-electron chi connectivity index (χ4n) is 2.14. The molecule has 0 N–H and O–H groups in total. The van der Waals surface area contributed by atoms with Crippen molar-refractivity contribution in [3.05, 3.63) is 71.7 Å². The quantitative estimate of drug-likeness (QED) is 0.544. The van der Waals surface area contributed by atoms with Crippen molar-refractivity contribution in [1.82, 2.24) is 0 Å². The third kappa shape index (κ3) is 2.43. The zero-order chi connectivity index (χ0) is 14.8. The summed E-state index contributed by atoms with van der Waals surface area (Å²) >= 11 is 0. The Morgan fingerprint density at radius 1 is 0.905 bits per heavy atom. The molecule has 0 fully saturated rings. The molecule has 3 aromatic rings. The van der Waals surface area contributed by atoms with E-state index in [1.807, 2.05) is 30.3 Å². The SMILES string of the molecule is COC(=O)c1ccc(C(=O)c2ccc3ccccc3c2)o1. The van der Waals surface area contributed by atoms with Crippen molar-refractivity contribution >= 4 is 22.5 Å². The van der Waals surface area contributed by atoms with Crippen molar-refractivity contribution in [2.45, 2.75) is 0 Å². The van der Waals surface area contributed by atoms with Gasteiger partial charge in [-0.1, -0.05) is 36.4 Å². The topological polar surface area (TPSA) is 56.5 Å². The van der Waals surface area contributed by atoms with Gasteiger partial charge in [0.15, 0.2) is 5.76 Å². The summed E-state index contributed by atoms with van der Waals surface area (Å²) in [5.41, 5.74) is 0.513. The number of ether oxygens (including phenoxy) is 1. The van der Waals surface area contributed by atoms with Gasteiger partial charge in [0.05, 0.1) is 7.11 Å². The summed E-state index contributed by atoms with van der Waals surface area (Å²) in [6, 6.07) is 16.1. The third-order valence-corrected chi connectivity index (χ3v) is 3.23. The molecule has 0 spiro atoms. The molecule has 4 heteroatoms. The average molecular weight is 280 g/mol. The largest absolute Gasteiger partial charge is 0.463 e. The van der Waals surface area contributed by atoms with Crippen LogP contribution in [0.15, 0.2) is 59.0 Å². The normalized spacial score (nSPS) is 10.5. The van der Waals surface area contributed by atoms with E-state index in [1.54, 1.807) is 12.1 Å². The Labute approximate surface area is 120 Å². The van der Waals surface area contributed by atoms with E-state index in [2.05, 4.69) is 4.74 Å². The smallest absolute Gasteiger partial charge is 0.373 e. The first kappa shape index (κ1) is 13.1. The highest BCUT2D eigenvalue weighted by Gasteiger charge is 2.17. The number of esters is 1. The number of fused-ring (bicyclic) bond motifs is 1. The van der Waals surface area contributed by atoms with Gasteiger partial charge in [0.25, 0.3) is 0 Å². The lowest BCUT2D eigenvalue weighted by atomic mass is 10.0. The highest BCUT2D eigenvalue weighted by molar-refractivity contribution is 6.09. The Balaban J connectivity index is 1.96. The van der Waals surface area contributed by atoms with Crippen LogP contribution < -0.4 is 0 Å². The molecule has 0 aliphatic carbocycles. The molecule has 0 unspecified atom stereocenters. The van der Waals surface area contributed by atoms with Gasteiger partial charge in [-0.05, 0) is 29.0 Å². The molecule has 0 atom stereocenters. The highest BCUT2D eigenvalue weighted by Crippen LogP contribution is 2.19. The molecule has 3 rings (SSSR count). The lowest BCUT2D eigenvalue weighted by Gasteiger charge is -2.01. The van der Waals surface area contributed by atoms with Gasteiger partial charge in [0.2, 0.25) is 11.5 Å². The van der Waals surface area contributed by atoms with E-state index in [-0.39, 0.29) is 17.3 Å². The summed E-state index contributed by atoms with van der Waals surface area (Å²) in [6.07, 6.45) is 0. The van der Waals surface area contributed by atoms with Crippen molar-refractivity contribution in [2.24, 2.45) is 0 Å². The minimum absolute atomic E-state index is 0.0154. The summed E-state index contributed by atoms with van der Waals surface area (Å²) in [6.45, 7) is 0. The number of rotatable bonds is 3. The standard InChI is InChI=1S/C17H12O4/c1-20-17(19)15-9-8-14(21-15)16(18)13-7-6-11-4-2-3-5-12(11)10-13/h2-10H,1H3. The maximum Gasteiger partial charge on any atom is 0.373 e. The first-order valence-electron chi connectivity index (χ1n) is 6.40. The maximum absolute atomic E-state index is 12.4. The van der Waals surface area contributed by atoms with Gasteiger partial charge < -0.3 is 9.15 Å². The first-order chi connectivity index (χ1) is 10.2. The number of ketones is 1. The third-order valence-electron chi connectivity index (χ3n) is 3.23. The van der Waals surface area contributed by atoms with Gasteiger partial charge in [-0.2, -0.15) is 0 Å². The Hall–Kier alpha value is -2.88. The number of carbonyl (C=O) groups is 2. The average Bonchev–Trinajstić information content (AvgIpc) is 3.03. The second-order valence-electron chi connectivity index (χ2n) is 4.55. The molecule has 0 saturated heterocycles. The fraction of sp³-hybridized carbons (Fsp3) is 0.0588. The van der Waals surface area contributed by atoms with Crippen LogP contribution in [-0.2, 0) is 4.74 Å². The number of carbonyl (C=O) groups excluding carboxylic acids is 2. The van der Waals surface area contributed by atoms with Crippen LogP contribution in [0.1, 0.15) is 26.7 Å². The van der Waals surface area contributed by atoms with Crippen LogP contribution in [0, 0.1) is 0 Å². The molecule has 2 aromatic carbocycles. The van der Waals surface area contributed by atoms with E-state index in [1.165, 1.54) is 19.2 Å². The minimum atomic E-state index is -0.604. The van der Waals surface area contributed by atoms with Crippen molar-refractivity contribution in [1.29, 1.82) is 0 Å². The molecule has 0 aliphatic rings. The van der Waals surface area contributed by atoms with E-state index in [4.69, 9.17) is 4.42 Å². The molecule has 1 heterocycles. The van der Waals surface area contributed by atoms with Crippen LogP contribution in [0.3, 0.4) is 0 Å². The molecule has 104 valence electrons. The van der Waals surface area contributed by atoms with E-state index < -0.39 is 5.97 Å². The molecule has 0 bridgehead atoms. The molecule has 21 heavy (non-hydrogen) atoms. The van der Waals surface area contributed by atoms with Gasteiger partial charge in [-0.15, -0.1) is 0 Å². The van der Waals surface area contributed by atoms with Crippen LogP contribution in [0.5, 0.6) is 0 Å². The summed E-state index contributed by atoms with van der Waals surface area (Å²) < 4.78 is 9.79. The van der Waals surface area contributed by atoms with Gasteiger partial charge in [-0.25, -0.2) is 4.79 Å². The molecule has 0 amide bonds. The molecular formula is C17H12O4. The fourth-order valence-corrected chi connectivity index (χ4v) is 2.14. The predicted octanol–water partition coefficient (Wildman–Crippen LogP) is 3.45. The monoisotopic (exact) mass is 280 g/mol. The number of benzene rings is 2. The Kier molecular flexibility index (Phi) is 3.28. The number of hydrogen-bond acceptors (Lipinski definition) is 4. The maximum atomic E-state index is 12.4. The van der Waals surface area contributed by atoms with Crippen molar-refractivity contribution in [3.63, 3.8) is 0 Å². The van der Waals surface area contributed by atoms with Crippen LogP contribution in [0.2, 0.25) is 0 Å². The lowest BCUT2D eigenvalue weighted by Crippen LogP contribution is -2.01. The minimum Gasteiger partial charge on any atom is -0.463 e. The van der Waals surface area contributed by atoms with E-state index in [0.29, 0.717) is 5.56 Å². The zero-order valence-electron chi connectivity index (χ0n) is 11.3. The molecule has 0 aliphatic heterocycles. The molecular weight excluding hydrogens is 268 g/mol. The number of hydrogen-bond donors (Lipinski definition) is 0. The van der Waals surface area contributed by atoms with E-state index in [9.17, 15) is 9.59 Å². The second kappa shape index (κ2) is 5.25. The van der Waals surface area contributed by atoms with Crippen LogP contribution >= 0.6 is 0 Å². The first-order valence-corrected chi connectivity index (χ1v) is 6.40. The van der Waals surface area contributed by atoms with E-state index in [0.717, 1.165) is 10.8 Å². The van der Waals surface area contributed by atoms with Crippen LogP contribution in [0.4, 0.5) is 0 Å². The molecule has 1 aromatic heterocycles. The van der Waals surface area contributed by atoms with Gasteiger partial charge >= 0.3 is 5.97 Å². The Morgan fingerprint density at radius 3 is 2.38 bits per heavy atom. The zero-order valence-corrected chi connectivity index (χ0v) is 11.3. The Morgan fingerprint density at radius 2 is 1.62 bits per heavy atom. The van der Waals surface area contributed by atoms with E-state index >= 15 is 0 Å². The summed E-state index contributed by atoms with van der Waals surface area (Å²) in [7, 11) is 1.26. The predicted molar refractivity (Wildman–Crippen MR) is 77.4 cm³/mol. The number of furan rings is 1. The van der Waals surface area contributed by atoms with Gasteiger partial charge in [0, 0.05) is 5.56 Å². The van der Waals surface area contributed by atoms with Gasteiger partial charge in [0.1, 0.15) is 0 Å². The van der Waals surface area contributed by atoms with Gasteiger partial charge in [-0.3, -0.25) is 4.79 Å². The summed E-state index contributed by atoms with van der Waals surface area (Å²) in [5, 5.41) is 2.03. The van der Waals surface area contributed by atoms with Crippen molar-refractivity contribution in [2.75, 3.05) is 7.11 Å². The molecule has 0 radical (unpaired) electrons. The second-order valence-corrected chi connectivity index (χ2v) is 4.55. The lowest BCUT2D eigenvalue weighted by molar-refractivity contribution is 0.0563. The van der Waals surface area contributed by atoms with Crippen molar-refractivity contribution < 1.29 is 18.7 Å². The van der Waals surface area contributed by atoms with Crippen LogP contribution in [-0.4, -0.2) is 18.9 Å². The number of methoxy groups -OCH3 is 1. The highest BCUT2D eigenvalue weighted by atomic mass is 16.5. The summed E-state index contributed by atoms with van der Waals surface area (Å²) in [5.74, 6) is -0.740. The van der Waals surface area contributed by atoms with Crippen molar-refractivity contribution in [3.8, 4) is 0 Å². The summed E-state index contributed by atoms with van der Waals surface area (Å²) in [4.78, 5) is 23.7. The molecule has 0 saturated carbocycles. The Bertz CT molecular complexity index is 829. The molecule has 4 nitrogen and oxygen atoms in total.